The lowest BCUT2D eigenvalue weighted by atomic mass is 9.85. The first-order valence-electron chi connectivity index (χ1n) is 28.2. The van der Waals surface area contributed by atoms with E-state index >= 15 is 0 Å². The molecular weight excluding hydrogens is 1110 g/mol. The molecule has 3 aromatic carbocycles. The van der Waals surface area contributed by atoms with Crippen LogP contribution in [0, 0.1) is 12.3 Å². The van der Waals surface area contributed by atoms with Crippen LogP contribution in [0.3, 0.4) is 0 Å². The molecule has 5 heterocycles. The summed E-state index contributed by atoms with van der Waals surface area (Å²) in [6, 6.07) is 17.7. The number of amides is 6. The lowest BCUT2D eigenvalue weighted by Crippen LogP contribution is -2.59. The van der Waals surface area contributed by atoms with Gasteiger partial charge in [0.25, 0.3) is 11.8 Å². The molecule has 448 valence electrons. The molecule has 3 aliphatic heterocycles. The fraction of sp³-hybridized carbons (Fsp3) is 0.467. The van der Waals surface area contributed by atoms with Gasteiger partial charge in [-0.3, -0.25) is 38.5 Å². The first-order valence-corrected chi connectivity index (χ1v) is 29.1. The Kier molecular flexibility index (Phi) is 18.4. The van der Waals surface area contributed by atoms with Crippen LogP contribution >= 0.6 is 11.3 Å². The summed E-state index contributed by atoms with van der Waals surface area (Å²) >= 11 is 1.47. The van der Waals surface area contributed by atoms with Crippen molar-refractivity contribution < 1.29 is 51.4 Å². The zero-order chi connectivity index (χ0) is 60.3. The van der Waals surface area contributed by atoms with Crippen LogP contribution < -0.4 is 31.7 Å². The summed E-state index contributed by atoms with van der Waals surface area (Å²) in [5.41, 5.74) is 1.56. The number of anilines is 2. The minimum atomic E-state index is -4.94. The molecule has 4 atom stereocenters. The van der Waals surface area contributed by atoms with E-state index in [1.807, 2.05) is 62.5 Å². The number of β-amino-alcohol motifs (C(OH)–C–C–N with tert-alkyl or cyclic N) is 1. The van der Waals surface area contributed by atoms with Crippen LogP contribution in [0.15, 0.2) is 89.3 Å². The first-order chi connectivity index (χ1) is 39.8. The molecule has 0 unspecified atom stereocenters. The largest absolute Gasteiger partial charge is 0.417 e. The molecule has 2 aromatic heterocycles. The van der Waals surface area contributed by atoms with E-state index in [9.17, 15) is 56.2 Å². The van der Waals surface area contributed by atoms with E-state index in [4.69, 9.17) is 0 Å². The van der Waals surface area contributed by atoms with Gasteiger partial charge in [0, 0.05) is 97.1 Å². The number of thiazole rings is 1. The van der Waals surface area contributed by atoms with Gasteiger partial charge in [0.1, 0.15) is 12.1 Å². The highest BCUT2D eigenvalue weighted by Gasteiger charge is 2.53. The molecule has 6 N–H and O–H groups in total. The zero-order valence-electron chi connectivity index (χ0n) is 47.6. The van der Waals surface area contributed by atoms with Gasteiger partial charge in [0.2, 0.25) is 29.2 Å². The van der Waals surface area contributed by atoms with Gasteiger partial charge in [-0.15, -0.1) is 11.3 Å². The number of piperazine rings is 2. The van der Waals surface area contributed by atoms with Gasteiger partial charge in [0.05, 0.1) is 57.1 Å². The molecule has 4 aliphatic rings. The molecule has 0 radical (unpaired) electrons. The van der Waals surface area contributed by atoms with Crippen molar-refractivity contribution in [2.45, 2.75) is 102 Å². The number of aromatic amines is 1. The van der Waals surface area contributed by atoms with Gasteiger partial charge < -0.3 is 51.0 Å². The average molecular weight is 1180 g/mol. The highest BCUT2D eigenvalue weighted by Crippen LogP contribution is 2.41. The number of carbonyl (C=O) groups is 6. The minimum Gasteiger partial charge on any atom is -0.391 e. The van der Waals surface area contributed by atoms with Gasteiger partial charge in [-0.2, -0.15) is 13.2 Å². The van der Waals surface area contributed by atoms with Crippen molar-refractivity contribution in [2.24, 2.45) is 5.41 Å². The number of alkyl halides is 4. The molecule has 6 amide bonds. The molecule has 19 nitrogen and oxygen atoms in total. The Morgan fingerprint density at radius 2 is 1.56 bits per heavy atom. The second kappa shape index (κ2) is 25.4. The van der Waals surface area contributed by atoms with Crippen LogP contribution in [0.4, 0.5) is 28.9 Å². The SMILES string of the molecule is Cc1ncsc1-c1ccc([C@H](CC(=O)NCCC(=O)N2CCN(Cc3cccc(-c4ccc(N5CCN(C)CC5)c(NC(=O)c5c[nH]c(=O)cc5C(F)(F)F)c4)c3)CC2)NC(=O)[C@@H]2C[C@@H](O)CN2C(=O)[C@@H](NC(=O)C2(F)CC2)C(C)(C)C)cc1. The molecule has 5 aromatic rings. The fourth-order valence-electron chi connectivity index (χ4n) is 10.9. The molecule has 0 spiro atoms. The van der Waals surface area contributed by atoms with E-state index in [0.29, 0.717) is 74.4 Å². The van der Waals surface area contributed by atoms with Crippen molar-refractivity contribution >= 4 is 58.2 Å². The summed E-state index contributed by atoms with van der Waals surface area (Å²) in [6.07, 6.45) is -5.45. The summed E-state index contributed by atoms with van der Waals surface area (Å²) in [5.74, 6) is -3.78. The number of aliphatic hydroxyl groups excluding tert-OH is 1. The predicted octanol–water partition coefficient (Wildman–Crippen LogP) is 5.89. The van der Waals surface area contributed by atoms with Crippen LogP contribution in [0.1, 0.15) is 91.7 Å². The number of benzene rings is 3. The van der Waals surface area contributed by atoms with Crippen LogP contribution in [0.5, 0.6) is 0 Å². The topological polar surface area (TPSA) is 233 Å². The summed E-state index contributed by atoms with van der Waals surface area (Å²) in [5, 5.41) is 21.9. The normalized spacial score (nSPS) is 19.1. The van der Waals surface area contributed by atoms with E-state index in [-0.39, 0.29) is 51.1 Å². The van der Waals surface area contributed by atoms with Crippen LogP contribution in [-0.4, -0.2) is 166 Å². The average Bonchev–Trinajstić information content (AvgIpc) is 2.15. The number of hydrogen-bond acceptors (Lipinski definition) is 13. The van der Waals surface area contributed by atoms with E-state index in [1.165, 1.54) is 16.2 Å². The van der Waals surface area contributed by atoms with Crippen molar-refractivity contribution in [2.75, 3.05) is 82.7 Å². The Labute approximate surface area is 488 Å². The van der Waals surface area contributed by atoms with E-state index in [2.05, 4.69) is 45.9 Å². The summed E-state index contributed by atoms with van der Waals surface area (Å²) in [6.45, 7) is 12.2. The number of nitrogens with one attached hydrogen (secondary N) is 5. The molecule has 1 saturated carbocycles. The number of aryl methyl sites for hydroxylation is 1. The van der Waals surface area contributed by atoms with Crippen molar-refractivity contribution in [1.29, 1.82) is 0 Å². The zero-order valence-corrected chi connectivity index (χ0v) is 48.4. The lowest BCUT2D eigenvalue weighted by molar-refractivity contribution is -0.145. The minimum absolute atomic E-state index is 0.0180. The van der Waals surface area contributed by atoms with Gasteiger partial charge in [-0.25, -0.2) is 9.37 Å². The fourth-order valence-corrected chi connectivity index (χ4v) is 11.7. The molecule has 1 aliphatic carbocycles. The molecular formula is C60H71F4N11O8S. The summed E-state index contributed by atoms with van der Waals surface area (Å²) < 4.78 is 56.8. The molecule has 9 rings (SSSR count). The molecule has 24 heteroatoms. The number of pyridine rings is 1. The van der Waals surface area contributed by atoms with Crippen LogP contribution in [0.25, 0.3) is 21.6 Å². The molecule has 3 saturated heterocycles. The first kappa shape index (κ1) is 61.0. The van der Waals surface area contributed by atoms with Crippen LogP contribution in [0.2, 0.25) is 0 Å². The number of aromatic nitrogens is 2. The highest BCUT2D eigenvalue weighted by molar-refractivity contribution is 7.13. The number of carbonyl (C=O) groups excluding carboxylic acids is 6. The van der Waals surface area contributed by atoms with Crippen LogP contribution in [-0.2, 0) is 36.7 Å². The molecule has 0 bridgehead atoms. The third-order valence-electron chi connectivity index (χ3n) is 16.0. The van der Waals surface area contributed by atoms with Gasteiger partial charge >= 0.3 is 6.18 Å². The maximum Gasteiger partial charge on any atom is 0.417 e. The third kappa shape index (κ3) is 14.7. The Bertz CT molecular complexity index is 3310. The number of aliphatic hydroxyl groups is 1. The van der Waals surface area contributed by atoms with Crippen molar-refractivity contribution in [3.05, 3.63) is 123 Å². The van der Waals surface area contributed by atoms with Gasteiger partial charge in [0.15, 0.2) is 5.67 Å². The smallest absolute Gasteiger partial charge is 0.391 e. The van der Waals surface area contributed by atoms with Crippen molar-refractivity contribution in [3.8, 4) is 21.6 Å². The van der Waals surface area contributed by atoms with Gasteiger partial charge in [-0.1, -0.05) is 69.3 Å². The second-order valence-electron chi connectivity index (χ2n) is 23.3. The lowest BCUT2D eigenvalue weighted by Gasteiger charge is -2.36. The molecule has 84 heavy (non-hydrogen) atoms. The van der Waals surface area contributed by atoms with E-state index < -0.39 is 87.7 Å². The van der Waals surface area contributed by atoms with E-state index in [1.54, 1.807) is 49.4 Å². The number of rotatable bonds is 18. The number of halogens is 4. The van der Waals surface area contributed by atoms with Crippen molar-refractivity contribution in [3.63, 3.8) is 0 Å². The number of likely N-dealkylation sites (tertiary alicyclic amines) is 1. The quantitative estimate of drug-likeness (QED) is 0.0565. The predicted molar refractivity (Wildman–Crippen MR) is 309 cm³/mol. The van der Waals surface area contributed by atoms with Gasteiger partial charge in [-0.05, 0) is 78.2 Å². The number of likely N-dealkylation sites (N-methyl/N-ethyl adjacent to an activating group) is 1. The summed E-state index contributed by atoms with van der Waals surface area (Å²) in [4.78, 5) is 111. The standard InChI is InChI=1S/C60H71F4N11O8S/c1-36-52(84-35-67-36)39-11-9-38(10-12-39)45(68-55(81)48-29-42(76)34-75(48)56(82)53(58(2,3)4)70-57(83)59(61)16-17-59)31-50(78)65-18-15-51(79)74-25-21-72(22-26-74)33-37-7-6-8-40(27-37)41-13-14-47(73-23-19-71(5)20-24-73)46(28-41)69-54(80)43-32-66-49(77)30-44(43)60(62,63)64/h6-14,27-28,30,32,35,42,45,48,53,76H,15-26,29,31,33-34H2,1-5H3,(H,65,78)(H,66,77)(H,68,81)(H,69,80)(H,70,83)/t42-,45+,48+,53-/m1/s1. The van der Waals surface area contributed by atoms with Crippen molar-refractivity contribution in [1.82, 2.24) is 45.5 Å². The monoisotopic (exact) mass is 1180 g/mol. The molecule has 4 fully saturated rings. The Hall–Kier alpha value is -7.54. The Morgan fingerprint density at radius 1 is 0.869 bits per heavy atom. The number of nitrogens with zero attached hydrogens (tertiary/aromatic N) is 6. The second-order valence-corrected chi connectivity index (χ2v) is 24.2. The maximum absolute atomic E-state index is 14.8. The Morgan fingerprint density at radius 3 is 2.21 bits per heavy atom. The van der Waals surface area contributed by atoms with E-state index in [0.717, 1.165) is 46.5 Å². The Balaban J connectivity index is 0.806. The number of hydrogen-bond donors (Lipinski definition) is 6. The third-order valence-corrected chi connectivity index (χ3v) is 17.0. The highest BCUT2D eigenvalue weighted by atomic mass is 32.1. The maximum atomic E-state index is 14.8. The summed E-state index contributed by atoms with van der Waals surface area (Å²) in [7, 11) is 2.00. The number of H-pyrrole nitrogens is 1.